The van der Waals surface area contributed by atoms with Crippen LogP contribution in [0.5, 0.6) is 0 Å². The van der Waals surface area contributed by atoms with Crippen molar-refractivity contribution in [1.82, 2.24) is 10.6 Å². The molecule has 0 aromatic heterocycles. The Morgan fingerprint density at radius 1 is 1.24 bits per heavy atom. The monoisotopic (exact) mass is 350 g/mol. The number of carbonyl (C=O) groups excluding carboxylic acids is 3. The molecule has 0 fully saturated rings. The zero-order chi connectivity index (χ0) is 18.4. The number of rotatable bonds is 6. The molecule has 1 heterocycles. The molecule has 25 heavy (non-hydrogen) atoms. The molecule has 0 saturated carbocycles. The summed E-state index contributed by atoms with van der Waals surface area (Å²) in [4.78, 5) is 35.6. The molecule has 0 aliphatic carbocycles. The third-order valence-corrected chi connectivity index (χ3v) is 3.54. The van der Waals surface area contributed by atoms with Crippen molar-refractivity contribution in [3.63, 3.8) is 0 Å². The lowest BCUT2D eigenvalue weighted by Crippen LogP contribution is -2.50. The number of benzene rings is 1. The van der Waals surface area contributed by atoms with Gasteiger partial charge in [-0.15, -0.1) is 0 Å². The van der Waals surface area contributed by atoms with Crippen LogP contribution in [0.1, 0.15) is 19.4 Å². The molecule has 7 nitrogen and oxygen atoms in total. The summed E-state index contributed by atoms with van der Waals surface area (Å²) in [6.45, 7) is 3.13. The molecule has 0 spiro atoms. The largest absolute Gasteiger partial charge is 0.463 e. The van der Waals surface area contributed by atoms with Gasteiger partial charge < -0.3 is 20.1 Å². The third kappa shape index (κ3) is 4.79. The first kappa shape index (κ1) is 18.4. The topological polar surface area (TPSA) is 93.7 Å². The van der Waals surface area contributed by atoms with Crippen LogP contribution in [0, 0.1) is 5.82 Å². The van der Waals surface area contributed by atoms with E-state index < -0.39 is 29.8 Å². The standard InChI is InChI=1S/C17H19FN2O5/c1-3-24-16(22)15-10(2)19-17(23)20-13(15)9-25-14(21)8-11-6-4-5-7-12(11)18/h4-7,10H,3,8-9H2,1-2H3,(H2,19,20,23)/t10-/m1/s1. The van der Waals surface area contributed by atoms with E-state index in [9.17, 15) is 18.8 Å². The van der Waals surface area contributed by atoms with Gasteiger partial charge in [0.1, 0.15) is 12.4 Å². The predicted molar refractivity (Wildman–Crippen MR) is 85.9 cm³/mol. The van der Waals surface area contributed by atoms with Crippen LogP contribution in [0.3, 0.4) is 0 Å². The quantitative estimate of drug-likeness (QED) is 0.757. The van der Waals surface area contributed by atoms with Gasteiger partial charge in [-0.2, -0.15) is 0 Å². The Labute approximate surface area is 144 Å². The van der Waals surface area contributed by atoms with E-state index >= 15 is 0 Å². The second-order valence-electron chi connectivity index (χ2n) is 5.36. The van der Waals surface area contributed by atoms with E-state index in [4.69, 9.17) is 9.47 Å². The summed E-state index contributed by atoms with van der Waals surface area (Å²) >= 11 is 0. The van der Waals surface area contributed by atoms with Crippen molar-refractivity contribution >= 4 is 18.0 Å². The highest BCUT2D eigenvalue weighted by Crippen LogP contribution is 2.15. The molecule has 1 aromatic rings. The minimum Gasteiger partial charge on any atom is -0.463 e. The van der Waals surface area contributed by atoms with E-state index in [0.717, 1.165) is 0 Å². The Hall–Kier alpha value is -2.90. The van der Waals surface area contributed by atoms with E-state index in [0.29, 0.717) is 0 Å². The number of hydrogen-bond acceptors (Lipinski definition) is 5. The van der Waals surface area contributed by atoms with Crippen molar-refractivity contribution in [3.05, 3.63) is 46.9 Å². The van der Waals surface area contributed by atoms with E-state index in [1.807, 2.05) is 0 Å². The lowest BCUT2D eigenvalue weighted by atomic mass is 10.0. The van der Waals surface area contributed by atoms with Crippen molar-refractivity contribution in [2.24, 2.45) is 0 Å². The Bertz CT molecular complexity index is 717. The highest BCUT2D eigenvalue weighted by molar-refractivity contribution is 5.94. The summed E-state index contributed by atoms with van der Waals surface area (Å²) in [5.74, 6) is -1.79. The second-order valence-corrected chi connectivity index (χ2v) is 5.36. The Balaban J connectivity index is 2.08. The van der Waals surface area contributed by atoms with Crippen LogP contribution in [0.4, 0.5) is 9.18 Å². The first-order valence-electron chi connectivity index (χ1n) is 7.79. The normalized spacial score (nSPS) is 16.8. The van der Waals surface area contributed by atoms with Crippen molar-refractivity contribution in [2.75, 3.05) is 13.2 Å². The van der Waals surface area contributed by atoms with Gasteiger partial charge >= 0.3 is 18.0 Å². The highest BCUT2D eigenvalue weighted by Gasteiger charge is 2.30. The molecular weight excluding hydrogens is 331 g/mol. The fourth-order valence-electron chi connectivity index (χ4n) is 2.39. The summed E-state index contributed by atoms with van der Waals surface area (Å²) in [7, 11) is 0. The molecule has 2 rings (SSSR count). The van der Waals surface area contributed by atoms with Gasteiger partial charge in [0.2, 0.25) is 0 Å². The molecule has 2 amide bonds. The Morgan fingerprint density at radius 3 is 2.64 bits per heavy atom. The third-order valence-electron chi connectivity index (χ3n) is 3.54. The lowest BCUT2D eigenvalue weighted by Gasteiger charge is -2.26. The van der Waals surface area contributed by atoms with Gasteiger partial charge in [0, 0.05) is 0 Å². The Kier molecular flexibility index (Phi) is 6.10. The molecule has 0 bridgehead atoms. The second kappa shape index (κ2) is 8.27. The SMILES string of the molecule is CCOC(=O)C1=C(COC(=O)Cc2ccccc2F)NC(=O)N[C@@H]1C. The van der Waals surface area contributed by atoms with E-state index in [-0.39, 0.29) is 36.5 Å². The summed E-state index contributed by atoms with van der Waals surface area (Å²) < 4.78 is 23.6. The van der Waals surface area contributed by atoms with Gasteiger partial charge in [-0.1, -0.05) is 18.2 Å². The van der Waals surface area contributed by atoms with Crippen molar-refractivity contribution in [1.29, 1.82) is 0 Å². The van der Waals surface area contributed by atoms with Crippen molar-refractivity contribution < 1.29 is 28.2 Å². The maximum atomic E-state index is 13.6. The molecule has 0 unspecified atom stereocenters. The molecular formula is C17H19FN2O5. The van der Waals surface area contributed by atoms with Gasteiger partial charge in [-0.05, 0) is 25.5 Å². The van der Waals surface area contributed by atoms with Crippen LogP contribution in [0.25, 0.3) is 0 Å². The molecule has 1 aliphatic heterocycles. The zero-order valence-corrected chi connectivity index (χ0v) is 13.9. The molecule has 134 valence electrons. The molecule has 0 saturated heterocycles. The van der Waals surface area contributed by atoms with Crippen molar-refractivity contribution in [3.8, 4) is 0 Å². The Morgan fingerprint density at radius 2 is 1.96 bits per heavy atom. The number of carbonyl (C=O) groups is 3. The van der Waals surface area contributed by atoms with E-state index in [1.54, 1.807) is 19.9 Å². The summed E-state index contributed by atoms with van der Waals surface area (Å²) in [5.41, 5.74) is 0.534. The number of ether oxygens (including phenoxy) is 2. The van der Waals surface area contributed by atoms with Crippen LogP contribution < -0.4 is 10.6 Å². The molecule has 2 N–H and O–H groups in total. The highest BCUT2D eigenvalue weighted by atomic mass is 19.1. The average Bonchev–Trinajstić information content (AvgIpc) is 2.54. The number of hydrogen-bond donors (Lipinski definition) is 2. The fourth-order valence-corrected chi connectivity index (χ4v) is 2.39. The molecule has 1 aromatic carbocycles. The minimum atomic E-state index is -0.679. The first-order chi connectivity index (χ1) is 11.9. The van der Waals surface area contributed by atoms with Crippen LogP contribution in [-0.4, -0.2) is 37.2 Å². The molecule has 1 aliphatic rings. The van der Waals surface area contributed by atoms with Gasteiger partial charge in [0.15, 0.2) is 0 Å². The lowest BCUT2D eigenvalue weighted by molar-refractivity contribution is -0.143. The van der Waals surface area contributed by atoms with Crippen LogP contribution in [0.15, 0.2) is 35.5 Å². The van der Waals surface area contributed by atoms with Crippen LogP contribution in [0.2, 0.25) is 0 Å². The minimum absolute atomic E-state index is 0.150. The zero-order valence-electron chi connectivity index (χ0n) is 13.9. The van der Waals surface area contributed by atoms with Gasteiger partial charge in [0.25, 0.3) is 0 Å². The van der Waals surface area contributed by atoms with Crippen LogP contribution >= 0.6 is 0 Å². The number of halogens is 1. The molecule has 8 heteroatoms. The van der Waals surface area contributed by atoms with Gasteiger partial charge in [-0.3, -0.25) is 4.79 Å². The number of amides is 2. The predicted octanol–water partition coefficient (Wildman–Crippen LogP) is 1.43. The average molecular weight is 350 g/mol. The van der Waals surface area contributed by atoms with Crippen molar-refractivity contribution in [2.45, 2.75) is 26.3 Å². The van der Waals surface area contributed by atoms with E-state index in [1.165, 1.54) is 18.2 Å². The maximum absolute atomic E-state index is 13.6. The van der Waals surface area contributed by atoms with Gasteiger partial charge in [-0.25, -0.2) is 14.0 Å². The summed E-state index contributed by atoms with van der Waals surface area (Å²) in [6.07, 6.45) is -0.254. The smallest absolute Gasteiger partial charge is 0.338 e. The number of nitrogens with one attached hydrogen (secondary N) is 2. The first-order valence-corrected chi connectivity index (χ1v) is 7.79. The maximum Gasteiger partial charge on any atom is 0.338 e. The number of urea groups is 1. The molecule has 1 atom stereocenters. The van der Waals surface area contributed by atoms with E-state index in [2.05, 4.69) is 10.6 Å². The molecule has 0 radical (unpaired) electrons. The van der Waals surface area contributed by atoms with Gasteiger partial charge in [0.05, 0.1) is 30.3 Å². The van der Waals surface area contributed by atoms with Crippen LogP contribution in [-0.2, 0) is 25.5 Å². The summed E-state index contributed by atoms with van der Waals surface area (Å²) in [5, 5.41) is 4.98. The summed E-state index contributed by atoms with van der Waals surface area (Å²) in [6, 6.07) is 4.76. The number of esters is 2. The fraction of sp³-hybridized carbons (Fsp3) is 0.353.